The molecule has 0 aliphatic heterocycles. The third kappa shape index (κ3) is 2.60. The van der Waals surface area contributed by atoms with Gasteiger partial charge in [0.15, 0.2) is 18.2 Å². The predicted octanol–water partition coefficient (Wildman–Crippen LogP) is 4.06. The fourth-order valence-electron chi connectivity index (χ4n) is 2.51. The monoisotopic (exact) mass is 297 g/mol. The number of benzene rings is 2. The smallest absolute Gasteiger partial charge is 0.202 e. The molecular weight excluding hydrogens is 281 g/mol. The van der Waals surface area contributed by atoms with Crippen molar-refractivity contribution in [2.75, 3.05) is 6.61 Å². The largest absolute Gasteiger partial charge is 0.482 e. The summed E-state index contributed by atoms with van der Waals surface area (Å²) in [6.45, 7) is 2.62. The van der Waals surface area contributed by atoms with Crippen molar-refractivity contribution in [1.29, 1.82) is 0 Å². The van der Waals surface area contributed by atoms with E-state index in [0.29, 0.717) is 5.56 Å². The highest BCUT2D eigenvalue weighted by Crippen LogP contribution is 2.22. The van der Waals surface area contributed by atoms with E-state index < -0.39 is 5.82 Å². The third-order valence-electron chi connectivity index (χ3n) is 3.63. The fourth-order valence-corrected chi connectivity index (χ4v) is 2.51. The number of nitrogens with zero attached hydrogens (tertiary/aromatic N) is 1. The first-order valence-electron chi connectivity index (χ1n) is 7.19. The lowest BCUT2D eigenvalue weighted by atomic mass is 10.1. The first kappa shape index (κ1) is 14.3. The van der Waals surface area contributed by atoms with Crippen LogP contribution in [0, 0.1) is 5.82 Å². The van der Waals surface area contributed by atoms with Crippen LogP contribution in [0.3, 0.4) is 0 Å². The van der Waals surface area contributed by atoms with E-state index in [2.05, 4.69) is 0 Å². The van der Waals surface area contributed by atoms with Gasteiger partial charge in [-0.05, 0) is 25.1 Å². The highest BCUT2D eigenvalue weighted by atomic mass is 19.1. The molecule has 4 heteroatoms. The summed E-state index contributed by atoms with van der Waals surface area (Å²) in [5, 5.41) is 0.895. The molecule has 112 valence electrons. The van der Waals surface area contributed by atoms with Crippen LogP contribution in [-0.4, -0.2) is 17.0 Å². The summed E-state index contributed by atoms with van der Waals surface area (Å²) in [5.41, 5.74) is 1.62. The molecule has 1 heterocycles. The van der Waals surface area contributed by atoms with Gasteiger partial charge in [-0.15, -0.1) is 0 Å². The first-order valence-corrected chi connectivity index (χ1v) is 7.19. The molecule has 0 bridgehead atoms. The molecule has 0 aliphatic rings. The second-order valence-corrected chi connectivity index (χ2v) is 4.99. The fraction of sp³-hybridized carbons (Fsp3) is 0.167. The van der Waals surface area contributed by atoms with Crippen LogP contribution in [0.2, 0.25) is 0 Å². The second-order valence-electron chi connectivity index (χ2n) is 4.99. The van der Waals surface area contributed by atoms with Crippen LogP contribution in [0.1, 0.15) is 17.3 Å². The summed E-state index contributed by atoms with van der Waals surface area (Å²) < 4.78 is 20.8. The van der Waals surface area contributed by atoms with E-state index in [1.807, 2.05) is 42.0 Å². The summed E-state index contributed by atoms with van der Waals surface area (Å²) in [5.74, 6) is -0.534. The second kappa shape index (κ2) is 6.02. The van der Waals surface area contributed by atoms with Crippen molar-refractivity contribution < 1.29 is 13.9 Å². The summed E-state index contributed by atoms with van der Waals surface area (Å²) in [6.07, 6.45) is 1.83. The number of ether oxygens (including phenoxy) is 1. The number of para-hydroxylation sites is 2. The average Bonchev–Trinajstić information content (AvgIpc) is 2.93. The number of rotatable bonds is 5. The number of hydrogen-bond acceptors (Lipinski definition) is 2. The maximum Gasteiger partial charge on any atom is 0.202 e. The van der Waals surface area contributed by atoms with Gasteiger partial charge in [-0.1, -0.05) is 30.3 Å². The van der Waals surface area contributed by atoms with Gasteiger partial charge >= 0.3 is 0 Å². The maximum absolute atomic E-state index is 13.5. The van der Waals surface area contributed by atoms with E-state index in [0.717, 1.165) is 17.4 Å². The Labute approximate surface area is 127 Å². The molecule has 1 aromatic heterocycles. The van der Waals surface area contributed by atoms with Gasteiger partial charge < -0.3 is 9.30 Å². The molecule has 0 saturated heterocycles. The Hall–Kier alpha value is -2.62. The maximum atomic E-state index is 13.5. The minimum Gasteiger partial charge on any atom is -0.482 e. The number of Topliss-reactive ketones (excluding diaryl/α,β-unsaturated/α-hetero) is 1. The molecule has 0 atom stereocenters. The third-order valence-corrected chi connectivity index (χ3v) is 3.63. The van der Waals surface area contributed by atoms with Crippen molar-refractivity contribution in [2.24, 2.45) is 0 Å². The van der Waals surface area contributed by atoms with E-state index in [1.165, 1.54) is 12.1 Å². The Morgan fingerprint density at radius 1 is 1.14 bits per heavy atom. The molecule has 0 amide bonds. The minimum absolute atomic E-state index is 0.0927. The van der Waals surface area contributed by atoms with Crippen LogP contribution in [0.5, 0.6) is 5.75 Å². The molecule has 0 N–H and O–H groups in total. The molecule has 0 spiro atoms. The highest BCUT2D eigenvalue weighted by molar-refractivity contribution is 6.08. The van der Waals surface area contributed by atoms with Crippen LogP contribution in [-0.2, 0) is 6.54 Å². The van der Waals surface area contributed by atoms with Gasteiger partial charge in [0.25, 0.3) is 0 Å². The molecule has 0 fully saturated rings. The molecule has 3 aromatic rings. The summed E-state index contributed by atoms with van der Waals surface area (Å²) in [6, 6.07) is 13.8. The van der Waals surface area contributed by atoms with Crippen molar-refractivity contribution in [3.05, 3.63) is 66.1 Å². The Bertz CT molecular complexity index is 823. The van der Waals surface area contributed by atoms with Crippen molar-refractivity contribution in [2.45, 2.75) is 13.5 Å². The molecular formula is C18H16FNO2. The lowest BCUT2D eigenvalue weighted by molar-refractivity contribution is 0.0920. The Kier molecular flexibility index (Phi) is 3.92. The van der Waals surface area contributed by atoms with Crippen molar-refractivity contribution in [3.63, 3.8) is 0 Å². The number of aromatic nitrogens is 1. The molecule has 0 unspecified atom stereocenters. The lowest BCUT2D eigenvalue weighted by Crippen LogP contribution is -2.12. The summed E-state index contributed by atoms with van der Waals surface area (Å²) >= 11 is 0. The van der Waals surface area contributed by atoms with Crippen LogP contribution in [0.25, 0.3) is 10.9 Å². The first-order chi connectivity index (χ1) is 10.7. The quantitative estimate of drug-likeness (QED) is 0.665. The van der Waals surface area contributed by atoms with Gasteiger partial charge in [0, 0.05) is 29.2 Å². The number of aryl methyl sites for hydroxylation is 1. The van der Waals surface area contributed by atoms with Crippen LogP contribution >= 0.6 is 0 Å². The zero-order valence-corrected chi connectivity index (χ0v) is 12.3. The number of hydrogen-bond donors (Lipinski definition) is 0. The van der Waals surface area contributed by atoms with Crippen molar-refractivity contribution >= 4 is 16.7 Å². The van der Waals surface area contributed by atoms with Gasteiger partial charge in [0.2, 0.25) is 5.78 Å². The molecule has 0 aliphatic carbocycles. The van der Waals surface area contributed by atoms with Crippen molar-refractivity contribution in [1.82, 2.24) is 4.57 Å². The zero-order chi connectivity index (χ0) is 15.5. The SMILES string of the molecule is CCn1cc(C(=O)COc2ccccc2F)c2ccccc21. The van der Waals surface area contributed by atoms with E-state index in [-0.39, 0.29) is 18.1 Å². The number of carbonyl (C=O) groups excluding carboxylic acids is 1. The molecule has 3 rings (SSSR count). The van der Waals surface area contributed by atoms with E-state index in [4.69, 9.17) is 4.74 Å². The molecule has 3 nitrogen and oxygen atoms in total. The van der Waals surface area contributed by atoms with Gasteiger partial charge in [-0.25, -0.2) is 4.39 Å². The number of carbonyl (C=O) groups is 1. The van der Waals surface area contributed by atoms with Gasteiger partial charge in [0.05, 0.1) is 0 Å². The average molecular weight is 297 g/mol. The lowest BCUT2D eigenvalue weighted by Gasteiger charge is -2.05. The number of halogens is 1. The number of fused-ring (bicyclic) bond motifs is 1. The highest BCUT2D eigenvalue weighted by Gasteiger charge is 2.15. The van der Waals surface area contributed by atoms with E-state index in [9.17, 15) is 9.18 Å². The Morgan fingerprint density at radius 2 is 1.86 bits per heavy atom. The van der Waals surface area contributed by atoms with Gasteiger partial charge in [-0.2, -0.15) is 0 Å². The standard InChI is InChI=1S/C18H16FNO2/c1-2-20-11-14(13-7-3-5-9-16(13)20)17(21)12-22-18-10-6-4-8-15(18)19/h3-11H,2,12H2,1H3. The molecule has 0 radical (unpaired) electrons. The van der Waals surface area contributed by atoms with Crippen molar-refractivity contribution in [3.8, 4) is 5.75 Å². The van der Waals surface area contributed by atoms with Gasteiger partial charge in [-0.3, -0.25) is 4.79 Å². The van der Waals surface area contributed by atoms with Gasteiger partial charge in [0.1, 0.15) is 0 Å². The van der Waals surface area contributed by atoms with E-state index >= 15 is 0 Å². The normalized spacial score (nSPS) is 10.8. The number of ketones is 1. The predicted molar refractivity (Wildman–Crippen MR) is 83.8 cm³/mol. The Morgan fingerprint density at radius 3 is 2.64 bits per heavy atom. The molecule has 22 heavy (non-hydrogen) atoms. The van der Waals surface area contributed by atoms with Crippen LogP contribution < -0.4 is 4.74 Å². The van der Waals surface area contributed by atoms with E-state index in [1.54, 1.807) is 12.1 Å². The molecule has 0 saturated carbocycles. The minimum atomic E-state index is -0.466. The van der Waals surface area contributed by atoms with Crippen LogP contribution in [0.15, 0.2) is 54.7 Å². The van der Waals surface area contributed by atoms with Crippen LogP contribution in [0.4, 0.5) is 4.39 Å². The summed E-state index contributed by atoms with van der Waals surface area (Å²) in [7, 11) is 0. The zero-order valence-electron chi connectivity index (χ0n) is 12.3. The Balaban J connectivity index is 1.85. The molecule has 2 aromatic carbocycles. The topological polar surface area (TPSA) is 31.2 Å². The summed E-state index contributed by atoms with van der Waals surface area (Å²) in [4.78, 5) is 12.4.